The third kappa shape index (κ3) is 4.64. The average molecular weight is 349 g/mol. The summed E-state index contributed by atoms with van der Waals surface area (Å²) in [6.07, 6.45) is 1.58. The van der Waals surface area contributed by atoms with Gasteiger partial charge in [0.05, 0.1) is 12.8 Å². The van der Waals surface area contributed by atoms with Crippen LogP contribution in [0.25, 0.3) is 6.08 Å². The van der Waals surface area contributed by atoms with Crippen molar-refractivity contribution in [3.05, 3.63) is 59.7 Å². The second kappa shape index (κ2) is 9.28. The van der Waals surface area contributed by atoms with Gasteiger partial charge in [-0.3, -0.25) is 4.79 Å². The Balaban J connectivity index is 2.19. The number of ether oxygens (including phenoxy) is 1. The lowest BCUT2D eigenvalue weighted by atomic mass is 10.1. The Morgan fingerprint density at radius 1 is 1.15 bits per heavy atom. The number of nitrogens with one attached hydrogen (secondary N) is 1. The van der Waals surface area contributed by atoms with Crippen LogP contribution in [-0.2, 0) is 4.79 Å². The fraction of sp³-hybridized carbons (Fsp3) is 0.238. The van der Waals surface area contributed by atoms with Crippen molar-refractivity contribution in [2.45, 2.75) is 13.8 Å². The first kappa shape index (κ1) is 19.1. The molecular weight excluding hydrogens is 326 g/mol. The van der Waals surface area contributed by atoms with Gasteiger partial charge in [-0.05, 0) is 49.8 Å². The molecule has 0 radical (unpaired) electrons. The number of carbonyl (C=O) groups excluding carboxylic acids is 1. The molecule has 0 aliphatic carbocycles. The summed E-state index contributed by atoms with van der Waals surface area (Å²) in [6.45, 7) is 6.06. The molecule has 0 unspecified atom stereocenters. The Kier molecular flexibility index (Phi) is 6.81. The van der Waals surface area contributed by atoms with Crippen LogP contribution in [0, 0.1) is 11.3 Å². The van der Waals surface area contributed by atoms with Crippen molar-refractivity contribution >= 4 is 23.4 Å². The average Bonchev–Trinajstić information content (AvgIpc) is 2.68. The summed E-state index contributed by atoms with van der Waals surface area (Å²) in [7, 11) is 1.53. The molecule has 0 fully saturated rings. The highest BCUT2D eigenvalue weighted by atomic mass is 16.5. The summed E-state index contributed by atoms with van der Waals surface area (Å²) < 4.78 is 5.21. The van der Waals surface area contributed by atoms with Crippen LogP contribution in [0.3, 0.4) is 0 Å². The summed E-state index contributed by atoms with van der Waals surface area (Å²) in [6, 6.07) is 16.8. The molecule has 0 aromatic heterocycles. The van der Waals surface area contributed by atoms with E-state index in [1.165, 1.54) is 7.11 Å². The standard InChI is InChI=1S/C21H23N3O2/c1-4-24(5-2)18-12-10-16(11-13-18)14-17(15-22)21(25)23-19-8-6-7-9-20(19)26-3/h6-14H,4-5H2,1-3H3,(H,23,25)/b17-14-. The normalized spacial score (nSPS) is 10.8. The molecule has 0 spiro atoms. The molecule has 5 nitrogen and oxygen atoms in total. The van der Waals surface area contributed by atoms with Crippen molar-refractivity contribution in [3.63, 3.8) is 0 Å². The molecule has 0 heterocycles. The molecule has 0 atom stereocenters. The monoisotopic (exact) mass is 349 g/mol. The van der Waals surface area contributed by atoms with E-state index in [1.54, 1.807) is 24.3 Å². The van der Waals surface area contributed by atoms with Crippen LogP contribution >= 0.6 is 0 Å². The molecule has 2 rings (SSSR count). The lowest BCUT2D eigenvalue weighted by Crippen LogP contribution is -2.21. The van der Waals surface area contributed by atoms with E-state index in [1.807, 2.05) is 36.4 Å². The van der Waals surface area contributed by atoms with Gasteiger partial charge in [0.15, 0.2) is 0 Å². The number of hydrogen-bond acceptors (Lipinski definition) is 4. The van der Waals surface area contributed by atoms with Crippen molar-refractivity contribution in [1.82, 2.24) is 0 Å². The zero-order chi connectivity index (χ0) is 18.9. The van der Waals surface area contributed by atoms with E-state index >= 15 is 0 Å². The maximum atomic E-state index is 12.4. The Hall–Kier alpha value is -3.26. The fourth-order valence-electron chi connectivity index (χ4n) is 2.62. The van der Waals surface area contributed by atoms with E-state index in [2.05, 4.69) is 24.1 Å². The van der Waals surface area contributed by atoms with Gasteiger partial charge in [0, 0.05) is 18.8 Å². The number of nitriles is 1. The quantitative estimate of drug-likeness (QED) is 0.604. The van der Waals surface area contributed by atoms with Gasteiger partial charge < -0.3 is 15.0 Å². The second-order valence-electron chi connectivity index (χ2n) is 5.59. The highest BCUT2D eigenvalue weighted by molar-refractivity contribution is 6.10. The number of carbonyl (C=O) groups is 1. The predicted molar refractivity (Wildman–Crippen MR) is 105 cm³/mol. The number of anilines is 2. The highest BCUT2D eigenvalue weighted by Gasteiger charge is 2.12. The van der Waals surface area contributed by atoms with Gasteiger partial charge in [-0.15, -0.1) is 0 Å². The SMILES string of the molecule is CCN(CC)c1ccc(/C=C(/C#N)C(=O)Nc2ccccc2OC)cc1. The minimum atomic E-state index is -0.468. The number of methoxy groups -OCH3 is 1. The van der Waals surface area contributed by atoms with Crippen LogP contribution in [0.15, 0.2) is 54.1 Å². The van der Waals surface area contributed by atoms with E-state index in [9.17, 15) is 10.1 Å². The summed E-state index contributed by atoms with van der Waals surface area (Å²) in [5.41, 5.74) is 2.47. The highest BCUT2D eigenvalue weighted by Crippen LogP contribution is 2.24. The van der Waals surface area contributed by atoms with Gasteiger partial charge in [0.2, 0.25) is 0 Å². The summed E-state index contributed by atoms with van der Waals surface area (Å²) in [5, 5.41) is 12.1. The third-order valence-corrected chi connectivity index (χ3v) is 4.05. The number of amides is 1. The molecule has 5 heteroatoms. The topological polar surface area (TPSA) is 65.4 Å². The number of nitrogens with zero attached hydrogens (tertiary/aromatic N) is 2. The maximum Gasteiger partial charge on any atom is 0.266 e. The largest absolute Gasteiger partial charge is 0.495 e. The molecule has 0 bridgehead atoms. The van der Waals surface area contributed by atoms with E-state index in [0.29, 0.717) is 11.4 Å². The lowest BCUT2D eigenvalue weighted by Gasteiger charge is -2.20. The smallest absolute Gasteiger partial charge is 0.266 e. The molecule has 1 N–H and O–H groups in total. The summed E-state index contributed by atoms with van der Waals surface area (Å²) in [5.74, 6) is 0.0755. The molecule has 134 valence electrons. The van der Waals surface area contributed by atoms with Gasteiger partial charge in [0.25, 0.3) is 5.91 Å². The minimum Gasteiger partial charge on any atom is -0.495 e. The van der Waals surface area contributed by atoms with Gasteiger partial charge >= 0.3 is 0 Å². The van der Waals surface area contributed by atoms with Gasteiger partial charge in [0.1, 0.15) is 17.4 Å². The molecule has 1 amide bonds. The maximum absolute atomic E-state index is 12.4. The van der Waals surface area contributed by atoms with Crippen molar-refractivity contribution in [1.29, 1.82) is 5.26 Å². The van der Waals surface area contributed by atoms with Crippen molar-refractivity contribution in [3.8, 4) is 11.8 Å². The van der Waals surface area contributed by atoms with Crippen molar-refractivity contribution in [2.75, 3.05) is 30.4 Å². The first-order valence-corrected chi connectivity index (χ1v) is 8.54. The fourth-order valence-corrected chi connectivity index (χ4v) is 2.62. The Labute approximate surface area is 154 Å². The first-order chi connectivity index (χ1) is 12.6. The number of hydrogen-bond donors (Lipinski definition) is 1. The minimum absolute atomic E-state index is 0.0338. The Bertz CT molecular complexity index is 816. The van der Waals surface area contributed by atoms with Crippen LogP contribution in [-0.4, -0.2) is 26.1 Å². The van der Waals surface area contributed by atoms with E-state index in [0.717, 1.165) is 24.3 Å². The van der Waals surface area contributed by atoms with E-state index in [-0.39, 0.29) is 5.57 Å². The number of benzene rings is 2. The molecule has 0 aliphatic heterocycles. The lowest BCUT2D eigenvalue weighted by molar-refractivity contribution is -0.112. The van der Waals surface area contributed by atoms with Crippen LogP contribution in [0.1, 0.15) is 19.4 Å². The number of rotatable bonds is 7. The van der Waals surface area contributed by atoms with Crippen LogP contribution in [0.5, 0.6) is 5.75 Å². The van der Waals surface area contributed by atoms with Gasteiger partial charge in [-0.1, -0.05) is 24.3 Å². The van der Waals surface area contributed by atoms with E-state index < -0.39 is 5.91 Å². The molecule has 26 heavy (non-hydrogen) atoms. The number of para-hydroxylation sites is 2. The molecule has 0 aliphatic rings. The first-order valence-electron chi connectivity index (χ1n) is 8.54. The molecule has 2 aromatic rings. The van der Waals surface area contributed by atoms with Crippen LogP contribution in [0.4, 0.5) is 11.4 Å². The summed E-state index contributed by atoms with van der Waals surface area (Å²) in [4.78, 5) is 14.6. The van der Waals surface area contributed by atoms with Crippen LogP contribution < -0.4 is 15.0 Å². The molecular formula is C21H23N3O2. The predicted octanol–water partition coefficient (Wildman–Crippen LogP) is 4.09. The van der Waals surface area contributed by atoms with Crippen molar-refractivity contribution in [2.24, 2.45) is 0 Å². The Morgan fingerprint density at radius 2 is 1.81 bits per heavy atom. The van der Waals surface area contributed by atoms with E-state index in [4.69, 9.17) is 4.74 Å². The Morgan fingerprint density at radius 3 is 2.38 bits per heavy atom. The molecule has 2 aromatic carbocycles. The summed E-state index contributed by atoms with van der Waals surface area (Å²) >= 11 is 0. The second-order valence-corrected chi connectivity index (χ2v) is 5.59. The van der Waals surface area contributed by atoms with Crippen LogP contribution in [0.2, 0.25) is 0 Å². The zero-order valence-corrected chi connectivity index (χ0v) is 15.3. The zero-order valence-electron chi connectivity index (χ0n) is 15.3. The molecule has 0 saturated heterocycles. The van der Waals surface area contributed by atoms with Gasteiger partial charge in [-0.25, -0.2) is 0 Å². The third-order valence-electron chi connectivity index (χ3n) is 4.05. The van der Waals surface area contributed by atoms with Crippen molar-refractivity contribution < 1.29 is 9.53 Å². The molecule has 0 saturated carbocycles. The van der Waals surface area contributed by atoms with Gasteiger partial charge in [-0.2, -0.15) is 5.26 Å².